The van der Waals surface area contributed by atoms with Gasteiger partial charge >= 0.3 is 19.8 Å². The van der Waals surface area contributed by atoms with E-state index in [4.69, 9.17) is 24.8 Å². The van der Waals surface area contributed by atoms with Gasteiger partial charge in [0.1, 0.15) is 23.3 Å². The number of para-hydroxylation sites is 1. The van der Waals surface area contributed by atoms with Gasteiger partial charge in [0.25, 0.3) is 0 Å². The van der Waals surface area contributed by atoms with Crippen molar-refractivity contribution >= 4 is 19.8 Å². The zero-order chi connectivity index (χ0) is 22.1. The normalized spacial score (nSPS) is 13.7. The highest BCUT2D eigenvalue weighted by Crippen LogP contribution is 2.44. The summed E-state index contributed by atoms with van der Waals surface area (Å²) in [7, 11) is -3.01. The molecule has 0 saturated carbocycles. The first-order chi connectivity index (χ1) is 14.2. The summed E-state index contributed by atoms with van der Waals surface area (Å²) >= 11 is 0. The molecule has 0 aliphatic carbocycles. The van der Waals surface area contributed by atoms with Gasteiger partial charge in [-0.25, -0.2) is 4.57 Å². The Kier molecular flexibility index (Phi) is 8.37. The Labute approximate surface area is 172 Å². The number of carboxylic acids is 1. The Balaban J connectivity index is 1.85. The van der Waals surface area contributed by atoms with Gasteiger partial charge in [-0.2, -0.15) is 0 Å². The van der Waals surface area contributed by atoms with Gasteiger partial charge in [-0.15, -0.1) is 0 Å². The van der Waals surface area contributed by atoms with E-state index in [0.717, 1.165) is 5.56 Å². The van der Waals surface area contributed by atoms with E-state index in [1.165, 1.54) is 24.3 Å². The fraction of sp³-hybridized carbons (Fsp3) is 0.263. The molecule has 4 N–H and O–H groups in total. The molecule has 10 nitrogen and oxygen atoms in total. The summed E-state index contributed by atoms with van der Waals surface area (Å²) in [5.74, 6) is -0.987. The van der Waals surface area contributed by atoms with Crippen LogP contribution in [0, 0.1) is 0 Å². The van der Waals surface area contributed by atoms with Crippen molar-refractivity contribution in [2.75, 3.05) is 13.7 Å². The van der Waals surface area contributed by atoms with Crippen molar-refractivity contribution in [2.45, 2.75) is 18.9 Å². The van der Waals surface area contributed by atoms with Gasteiger partial charge in [-0.05, 0) is 42.3 Å². The molecule has 0 aliphatic rings. The Morgan fingerprint density at radius 1 is 1.10 bits per heavy atom. The fourth-order valence-electron chi connectivity index (χ4n) is 2.30. The summed E-state index contributed by atoms with van der Waals surface area (Å²) in [6.45, 7) is -0.703. The first kappa shape index (κ1) is 23.4. The Morgan fingerprint density at radius 3 is 2.37 bits per heavy atom. The van der Waals surface area contributed by atoms with Gasteiger partial charge in [-0.3, -0.25) is 19.0 Å². The summed E-state index contributed by atoms with van der Waals surface area (Å²) in [5.41, 5.74) is 6.07. The maximum atomic E-state index is 12.0. The van der Waals surface area contributed by atoms with Gasteiger partial charge in [0.15, 0.2) is 0 Å². The molecular formula is C19H22NO9P. The summed E-state index contributed by atoms with van der Waals surface area (Å²) in [4.78, 5) is 32.2. The summed E-state index contributed by atoms with van der Waals surface area (Å²) in [6, 6.07) is 11.2. The van der Waals surface area contributed by atoms with Gasteiger partial charge in [0.05, 0.1) is 20.1 Å². The number of aliphatic carboxylic acids is 1. The van der Waals surface area contributed by atoms with Gasteiger partial charge in [-0.1, -0.05) is 18.2 Å². The van der Waals surface area contributed by atoms with Gasteiger partial charge in [0, 0.05) is 0 Å². The second-order valence-corrected chi connectivity index (χ2v) is 7.44. The van der Waals surface area contributed by atoms with E-state index in [0.29, 0.717) is 12.2 Å². The van der Waals surface area contributed by atoms with Crippen LogP contribution in [-0.4, -0.2) is 41.7 Å². The number of benzene rings is 2. The molecule has 0 spiro atoms. The highest BCUT2D eigenvalue weighted by molar-refractivity contribution is 7.47. The molecule has 2 rings (SSSR count). The molecule has 2 aromatic carbocycles. The van der Waals surface area contributed by atoms with Crippen LogP contribution >= 0.6 is 7.82 Å². The first-order valence-electron chi connectivity index (χ1n) is 8.78. The highest BCUT2D eigenvalue weighted by Gasteiger charge is 2.26. The number of methoxy groups -OCH3 is 1. The summed E-state index contributed by atoms with van der Waals surface area (Å²) < 4.78 is 31.6. The van der Waals surface area contributed by atoms with Crippen molar-refractivity contribution in [2.24, 2.45) is 5.73 Å². The van der Waals surface area contributed by atoms with Crippen LogP contribution < -0.4 is 19.7 Å². The number of carbonyl (C=O) groups excluding carboxylic acids is 1. The van der Waals surface area contributed by atoms with Crippen LogP contribution in [0.15, 0.2) is 48.5 Å². The molecule has 0 aliphatic heterocycles. The van der Waals surface area contributed by atoms with Crippen LogP contribution in [0.2, 0.25) is 0 Å². The van der Waals surface area contributed by atoms with Crippen molar-refractivity contribution in [1.82, 2.24) is 0 Å². The number of rotatable bonds is 11. The minimum absolute atomic E-state index is 0.0430. The van der Waals surface area contributed by atoms with E-state index in [2.05, 4.69) is 4.52 Å². The zero-order valence-corrected chi connectivity index (χ0v) is 17.0. The number of hydrogen-bond acceptors (Lipinski definition) is 8. The molecule has 1 unspecified atom stereocenters. The molecule has 30 heavy (non-hydrogen) atoms. The SMILES string of the molecule is COc1ccccc1CCC(=O)Oc1ccc(OP(=O)(O)OC[C@H](N)C(=O)O)cc1. The average Bonchev–Trinajstić information content (AvgIpc) is 2.72. The lowest BCUT2D eigenvalue weighted by Gasteiger charge is -2.14. The predicted octanol–water partition coefficient (Wildman–Crippen LogP) is 2.14. The van der Waals surface area contributed by atoms with Crippen molar-refractivity contribution in [3.05, 3.63) is 54.1 Å². The predicted molar refractivity (Wildman–Crippen MR) is 105 cm³/mol. The topological polar surface area (TPSA) is 155 Å². The third-order valence-electron chi connectivity index (χ3n) is 3.80. The molecule has 162 valence electrons. The number of carboxylic acid groups (broad SMARTS) is 1. The van der Waals surface area contributed by atoms with E-state index < -0.39 is 32.4 Å². The molecule has 0 heterocycles. The van der Waals surface area contributed by atoms with Crippen molar-refractivity contribution in [1.29, 1.82) is 0 Å². The van der Waals surface area contributed by atoms with Crippen LogP contribution in [0.25, 0.3) is 0 Å². The summed E-state index contributed by atoms with van der Waals surface area (Å²) in [6.07, 6.45) is 0.565. The maximum absolute atomic E-state index is 12.0. The highest BCUT2D eigenvalue weighted by atomic mass is 31.2. The van der Waals surface area contributed by atoms with Crippen LogP contribution in [0.3, 0.4) is 0 Å². The Bertz CT molecular complexity index is 916. The van der Waals surface area contributed by atoms with Gasteiger partial charge in [0.2, 0.25) is 0 Å². The number of esters is 1. The molecule has 0 saturated heterocycles. The van der Waals surface area contributed by atoms with Crippen LogP contribution in [0.4, 0.5) is 0 Å². The van der Waals surface area contributed by atoms with Crippen LogP contribution in [0.5, 0.6) is 17.2 Å². The minimum Gasteiger partial charge on any atom is -0.496 e. The number of phosphoric acid groups is 1. The van der Waals surface area contributed by atoms with E-state index in [1.807, 2.05) is 18.2 Å². The fourth-order valence-corrected chi connectivity index (χ4v) is 3.09. The Hall–Kier alpha value is -2.91. The van der Waals surface area contributed by atoms with E-state index in [1.54, 1.807) is 13.2 Å². The number of aryl methyl sites for hydroxylation is 1. The third kappa shape index (κ3) is 7.49. The first-order valence-corrected chi connectivity index (χ1v) is 10.3. The van der Waals surface area contributed by atoms with E-state index >= 15 is 0 Å². The van der Waals surface area contributed by atoms with E-state index in [-0.39, 0.29) is 17.9 Å². The smallest absolute Gasteiger partial charge is 0.496 e. The molecule has 0 radical (unpaired) electrons. The third-order valence-corrected chi connectivity index (χ3v) is 4.72. The lowest BCUT2D eigenvalue weighted by molar-refractivity contribution is -0.139. The van der Waals surface area contributed by atoms with Crippen LogP contribution in [0.1, 0.15) is 12.0 Å². The monoisotopic (exact) mass is 439 g/mol. The van der Waals surface area contributed by atoms with Gasteiger partial charge < -0.3 is 24.8 Å². The lowest BCUT2D eigenvalue weighted by atomic mass is 10.1. The van der Waals surface area contributed by atoms with Crippen molar-refractivity contribution < 1.29 is 42.7 Å². The number of phosphoric ester groups is 1. The maximum Gasteiger partial charge on any atom is 0.527 e. The molecule has 0 bridgehead atoms. The minimum atomic E-state index is -4.57. The van der Waals surface area contributed by atoms with Crippen molar-refractivity contribution in [3.8, 4) is 17.2 Å². The molecule has 2 atom stereocenters. The molecule has 2 aromatic rings. The quantitative estimate of drug-likeness (QED) is 0.269. The molecule has 0 aromatic heterocycles. The molecular weight excluding hydrogens is 417 g/mol. The lowest BCUT2D eigenvalue weighted by Crippen LogP contribution is -2.34. The van der Waals surface area contributed by atoms with E-state index in [9.17, 15) is 19.0 Å². The summed E-state index contributed by atoms with van der Waals surface area (Å²) in [5, 5.41) is 8.64. The largest absolute Gasteiger partial charge is 0.527 e. The number of ether oxygens (including phenoxy) is 2. The number of nitrogens with two attached hydrogens (primary N) is 1. The second kappa shape index (κ2) is 10.7. The molecule has 11 heteroatoms. The molecule has 0 fully saturated rings. The molecule has 0 amide bonds. The second-order valence-electron chi connectivity index (χ2n) is 6.06. The van der Waals surface area contributed by atoms with Crippen LogP contribution in [-0.2, 0) is 25.1 Å². The van der Waals surface area contributed by atoms with Crippen molar-refractivity contribution in [3.63, 3.8) is 0 Å². The zero-order valence-electron chi connectivity index (χ0n) is 16.1. The Morgan fingerprint density at radius 2 is 1.73 bits per heavy atom. The number of carbonyl (C=O) groups is 2. The average molecular weight is 439 g/mol. The number of hydrogen-bond donors (Lipinski definition) is 3. The standard InChI is InChI=1S/C19H22NO9P/c1-26-17-5-3-2-4-13(17)6-11-18(21)28-14-7-9-15(10-8-14)29-30(24,25)27-12-16(20)19(22)23/h2-5,7-10,16H,6,11-12,20H2,1H3,(H,22,23)(H,24,25)/t16-/m0/s1.